The van der Waals surface area contributed by atoms with Crippen LogP contribution in [0.25, 0.3) is 0 Å². The van der Waals surface area contributed by atoms with E-state index in [1.807, 2.05) is 4.90 Å². The minimum Gasteiger partial charge on any atom is -0.335 e. The molecular formula is C13H25N3O. The van der Waals surface area contributed by atoms with E-state index >= 15 is 0 Å². The Morgan fingerprint density at radius 2 is 1.71 bits per heavy atom. The van der Waals surface area contributed by atoms with Crippen LogP contribution < -0.4 is 11.1 Å². The molecule has 2 aliphatic rings. The predicted molar refractivity (Wildman–Crippen MR) is 68.7 cm³/mol. The lowest BCUT2D eigenvalue weighted by molar-refractivity contribution is 0.167. The summed E-state index contributed by atoms with van der Waals surface area (Å²) >= 11 is 0. The Hall–Kier alpha value is -0.770. The van der Waals surface area contributed by atoms with Gasteiger partial charge in [0.2, 0.25) is 0 Å². The minimum atomic E-state index is 0.136. The van der Waals surface area contributed by atoms with Gasteiger partial charge in [-0.15, -0.1) is 0 Å². The fraction of sp³-hybridized carbons (Fsp3) is 0.923. The van der Waals surface area contributed by atoms with Crippen molar-refractivity contribution in [3.63, 3.8) is 0 Å². The summed E-state index contributed by atoms with van der Waals surface area (Å²) in [5.74, 6) is 0.770. The molecule has 0 aromatic heterocycles. The summed E-state index contributed by atoms with van der Waals surface area (Å²) < 4.78 is 0. The van der Waals surface area contributed by atoms with E-state index in [0.29, 0.717) is 12.1 Å². The van der Waals surface area contributed by atoms with Crippen LogP contribution in [0.3, 0.4) is 0 Å². The SMILES string of the molecule is CC1CCN(C(=O)NC2CCC(N)CC2)CC1. The average molecular weight is 239 g/mol. The van der Waals surface area contributed by atoms with Crippen LogP contribution in [-0.2, 0) is 0 Å². The highest BCUT2D eigenvalue weighted by Gasteiger charge is 2.24. The van der Waals surface area contributed by atoms with Crippen LogP contribution in [0.1, 0.15) is 45.4 Å². The molecule has 0 spiro atoms. The van der Waals surface area contributed by atoms with Crippen molar-refractivity contribution >= 4 is 6.03 Å². The predicted octanol–water partition coefficient (Wildman–Crippen LogP) is 1.70. The summed E-state index contributed by atoms with van der Waals surface area (Å²) in [7, 11) is 0. The lowest BCUT2D eigenvalue weighted by Crippen LogP contribution is -2.49. The van der Waals surface area contributed by atoms with E-state index < -0.39 is 0 Å². The van der Waals surface area contributed by atoms with Gasteiger partial charge >= 0.3 is 6.03 Å². The van der Waals surface area contributed by atoms with Gasteiger partial charge in [-0.05, 0) is 44.4 Å². The van der Waals surface area contributed by atoms with Gasteiger partial charge in [0.1, 0.15) is 0 Å². The largest absolute Gasteiger partial charge is 0.335 e. The van der Waals surface area contributed by atoms with Gasteiger partial charge in [0.15, 0.2) is 0 Å². The Labute approximate surface area is 104 Å². The molecule has 98 valence electrons. The molecule has 0 atom stereocenters. The maximum Gasteiger partial charge on any atom is 0.317 e. The van der Waals surface area contributed by atoms with E-state index in [0.717, 1.165) is 57.5 Å². The van der Waals surface area contributed by atoms with Gasteiger partial charge in [-0.1, -0.05) is 6.92 Å². The molecule has 1 heterocycles. The molecule has 2 fully saturated rings. The van der Waals surface area contributed by atoms with Gasteiger partial charge in [-0.3, -0.25) is 0 Å². The minimum absolute atomic E-state index is 0.136. The van der Waals surface area contributed by atoms with Crippen molar-refractivity contribution < 1.29 is 4.79 Å². The Balaban J connectivity index is 1.73. The first-order valence-electron chi connectivity index (χ1n) is 6.96. The number of hydrogen-bond donors (Lipinski definition) is 2. The number of carbonyl (C=O) groups excluding carboxylic acids is 1. The van der Waals surface area contributed by atoms with Crippen molar-refractivity contribution in [2.24, 2.45) is 11.7 Å². The van der Waals surface area contributed by atoms with Crippen LogP contribution in [0, 0.1) is 5.92 Å². The molecule has 2 rings (SSSR count). The molecule has 0 bridgehead atoms. The van der Waals surface area contributed by atoms with E-state index in [2.05, 4.69) is 12.2 Å². The summed E-state index contributed by atoms with van der Waals surface area (Å²) in [5, 5.41) is 3.16. The lowest BCUT2D eigenvalue weighted by Gasteiger charge is -2.33. The van der Waals surface area contributed by atoms with Crippen LogP contribution in [0.15, 0.2) is 0 Å². The molecule has 1 saturated heterocycles. The first-order valence-corrected chi connectivity index (χ1v) is 6.96. The zero-order chi connectivity index (χ0) is 12.3. The lowest BCUT2D eigenvalue weighted by atomic mass is 9.92. The summed E-state index contributed by atoms with van der Waals surface area (Å²) in [6.07, 6.45) is 6.45. The van der Waals surface area contributed by atoms with Gasteiger partial charge in [0.25, 0.3) is 0 Å². The van der Waals surface area contributed by atoms with E-state index in [1.165, 1.54) is 0 Å². The summed E-state index contributed by atoms with van der Waals surface area (Å²) in [4.78, 5) is 14.0. The molecule has 0 radical (unpaired) electrons. The van der Waals surface area contributed by atoms with Crippen molar-refractivity contribution in [1.29, 1.82) is 0 Å². The fourth-order valence-corrected chi connectivity index (χ4v) is 2.74. The number of nitrogens with one attached hydrogen (secondary N) is 1. The van der Waals surface area contributed by atoms with E-state index in [1.54, 1.807) is 0 Å². The maximum atomic E-state index is 12.0. The van der Waals surface area contributed by atoms with Gasteiger partial charge in [-0.2, -0.15) is 0 Å². The number of piperidine rings is 1. The van der Waals surface area contributed by atoms with Gasteiger partial charge in [0.05, 0.1) is 0 Å². The standard InChI is InChI=1S/C13H25N3O/c1-10-6-8-16(9-7-10)13(17)15-12-4-2-11(14)3-5-12/h10-12H,2-9,14H2,1H3,(H,15,17). The van der Waals surface area contributed by atoms with E-state index in [4.69, 9.17) is 5.73 Å². The van der Waals surface area contributed by atoms with E-state index in [-0.39, 0.29) is 6.03 Å². The Morgan fingerprint density at radius 3 is 2.29 bits per heavy atom. The molecular weight excluding hydrogens is 214 g/mol. The Kier molecular flexibility index (Phi) is 4.26. The van der Waals surface area contributed by atoms with Crippen molar-refractivity contribution in [3.8, 4) is 0 Å². The number of carbonyl (C=O) groups is 1. The van der Waals surface area contributed by atoms with E-state index in [9.17, 15) is 4.79 Å². The second-order valence-corrected chi connectivity index (χ2v) is 5.73. The second-order valence-electron chi connectivity index (χ2n) is 5.73. The van der Waals surface area contributed by atoms with Gasteiger partial charge in [0, 0.05) is 25.2 Å². The van der Waals surface area contributed by atoms with Crippen molar-refractivity contribution in [2.75, 3.05) is 13.1 Å². The molecule has 4 heteroatoms. The molecule has 0 aromatic carbocycles. The number of urea groups is 1. The molecule has 1 saturated carbocycles. The third kappa shape index (κ3) is 3.60. The fourth-order valence-electron chi connectivity index (χ4n) is 2.74. The molecule has 1 aliphatic carbocycles. The molecule has 2 amide bonds. The van der Waals surface area contributed by atoms with Crippen LogP contribution in [0.5, 0.6) is 0 Å². The smallest absolute Gasteiger partial charge is 0.317 e. The van der Waals surface area contributed by atoms with Crippen molar-refractivity contribution in [2.45, 2.75) is 57.5 Å². The summed E-state index contributed by atoms with van der Waals surface area (Å²) in [5.41, 5.74) is 5.86. The number of hydrogen-bond acceptors (Lipinski definition) is 2. The van der Waals surface area contributed by atoms with Gasteiger partial charge < -0.3 is 16.0 Å². The third-order valence-electron chi connectivity index (χ3n) is 4.17. The maximum absolute atomic E-state index is 12.0. The highest BCUT2D eigenvalue weighted by atomic mass is 16.2. The number of rotatable bonds is 1. The Bertz CT molecular complexity index is 253. The average Bonchev–Trinajstić information content (AvgIpc) is 2.33. The van der Waals surface area contributed by atoms with Crippen LogP contribution in [-0.4, -0.2) is 36.1 Å². The van der Waals surface area contributed by atoms with Crippen LogP contribution in [0.4, 0.5) is 4.79 Å². The molecule has 4 nitrogen and oxygen atoms in total. The van der Waals surface area contributed by atoms with Crippen LogP contribution >= 0.6 is 0 Å². The number of amides is 2. The zero-order valence-corrected chi connectivity index (χ0v) is 10.8. The summed E-state index contributed by atoms with van der Waals surface area (Å²) in [6, 6.07) is 0.831. The first kappa shape index (κ1) is 12.7. The summed E-state index contributed by atoms with van der Waals surface area (Å²) in [6.45, 7) is 4.09. The molecule has 1 aliphatic heterocycles. The molecule has 0 unspecified atom stereocenters. The number of nitrogens with zero attached hydrogens (tertiary/aromatic N) is 1. The molecule has 3 N–H and O–H groups in total. The quantitative estimate of drug-likeness (QED) is 0.731. The monoisotopic (exact) mass is 239 g/mol. The topological polar surface area (TPSA) is 58.4 Å². The molecule has 17 heavy (non-hydrogen) atoms. The normalized spacial score (nSPS) is 31.3. The van der Waals surface area contributed by atoms with Crippen molar-refractivity contribution in [3.05, 3.63) is 0 Å². The molecule has 0 aromatic rings. The van der Waals surface area contributed by atoms with Gasteiger partial charge in [-0.25, -0.2) is 4.79 Å². The first-order chi connectivity index (χ1) is 8.15. The van der Waals surface area contributed by atoms with Crippen molar-refractivity contribution in [1.82, 2.24) is 10.2 Å². The highest BCUT2D eigenvalue weighted by Crippen LogP contribution is 2.19. The van der Waals surface area contributed by atoms with Crippen LogP contribution in [0.2, 0.25) is 0 Å². The number of likely N-dealkylation sites (tertiary alicyclic amines) is 1. The number of nitrogens with two attached hydrogens (primary N) is 1. The second kappa shape index (κ2) is 5.71. The Morgan fingerprint density at radius 1 is 1.12 bits per heavy atom. The highest BCUT2D eigenvalue weighted by molar-refractivity contribution is 5.74. The zero-order valence-electron chi connectivity index (χ0n) is 10.8. The third-order valence-corrected chi connectivity index (χ3v) is 4.17.